The highest BCUT2D eigenvalue weighted by Gasteiger charge is 2.20. The first kappa shape index (κ1) is 16.9. The van der Waals surface area contributed by atoms with Crippen LogP contribution >= 0.6 is 0 Å². The average molecular weight is 293 g/mol. The van der Waals surface area contributed by atoms with Gasteiger partial charge in [-0.1, -0.05) is 12.2 Å². The lowest BCUT2D eigenvalue weighted by Gasteiger charge is -2.22. The van der Waals surface area contributed by atoms with E-state index < -0.39 is 24.2 Å². The third kappa shape index (κ3) is 6.20. The highest BCUT2D eigenvalue weighted by Crippen LogP contribution is 2.14. The van der Waals surface area contributed by atoms with Gasteiger partial charge in [0.25, 0.3) is 0 Å². The largest absolute Gasteiger partial charge is 0.481 e. The van der Waals surface area contributed by atoms with Crippen LogP contribution in [0.5, 0.6) is 0 Å². The summed E-state index contributed by atoms with van der Waals surface area (Å²) in [4.78, 5) is 21.4. The standard InChI is InChI=1S/C15H19NO5/c1-10(18)2-7-14(19)13(8-15(20)21)16-12-5-3-11(9-17)4-6-12/h2-7,9-10,13-14,16,18-19H,8H2,1H3,(H,20,21)/t10-,13+,14+/m1/s1. The molecule has 1 aromatic carbocycles. The van der Waals surface area contributed by atoms with Crippen LogP contribution in [0.15, 0.2) is 36.4 Å². The number of carboxylic acids is 1. The smallest absolute Gasteiger partial charge is 0.305 e. The molecule has 6 heteroatoms. The van der Waals surface area contributed by atoms with Crippen molar-refractivity contribution in [2.24, 2.45) is 0 Å². The molecule has 0 saturated heterocycles. The van der Waals surface area contributed by atoms with Crippen molar-refractivity contribution in [3.63, 3.8) is 0 Å². The summed E-state index contributed by atoms with van der Waals surface area (Å²) in [6, 6.07) is 5.68. The fourth-order valence-electron chi connectivity index (χ4n) is 1.73. The van der Waals surface area contributed by atoms with Gasteiger partial charge in [-0.3, -0.25) is 9.59 Å². The number of carboxylic acid groups (broad SMARTS) is 1. The Kier molecular flexibility index (Phi) is 6.58. The van der Waals surface area contributed by atoms with Crippen LogP contribution in [-0.2, 0) is 4.79 Å². The molecule has 0 aromatic heterocycles. The minimum atomic E-state index is -1.07. The van der Waals surface area contributed by atoms with Crippen molar-refractivity contribution in [2.45, 2.75) is 31.6 Å². The molecule has 1 rings (SSSR count). The van der Waals surface area contributed by atoms with E-state index in [0.29, 0.717) is 17.5 Å². The third-order valence-electron chi connectivity index (χ3n) is 2.79. The topological polar surface area (TPSA) is 107 Å². The van der Waals surface area contributed by atoms with Crippen LogP contribution in [0.1, 0.15) is 23.7 Å². The molecule has 0 fully saturated rings. The molecule has 0 unspecified atom stereocenters. The number of aliphatic hydroxyl groups is 2. The van der Waals surface area contributed by atoms with E-state index in [0.717, 1.165) is 0 Å². The molecule has 0 aliphatic rings. The fraction of sp³-hybridized carbons (Fsp3) is 0.333. The zero-order valence-corrected chi connectivity index (χ0v) is 11.6. The van der Waals surface area contributed by atoms with Gasteiger partial charge in [0.2, 0.25) is 0 Å². The van der Waals surface area contributed by atoms with Crippen LogP contribution in [0.25, 0.3) is 0 Å². The molecule has 21 heavy (non-hydrogen) atoms. The number of benzene rings is 1. The maximum atomic E-state index is 10.9. The van der Waals surface area contributed by atoms with Crippen molar-refractivity contribution in [2.75, 3.05) is 5.32 Å². The maximum Gasteiger partial charge on any atom is 0.305 e. The molecule has 0 amide bonds. The van der Waals surface area contributed by atoms with Crippen molar-refractivity contribution >= 4 is 17.9 Å². The van der Waals surface area contributed by atoms with Gasteiger partial charge >= 0.3 is 5.97 Å². The van der Waals surface area contributed by atoms with Gasteiger partial charge in [-0.15, -0.1) is 0 Å². The lowest BCUT2D eigenvalue weighted by Crippen LogP contribution is -2.34. The number of hydrogen-bond donors (Lipinski definition) is 4. The Hall–Kier alpha value is -2.18. The number of hydrogen-bond acceptors (Lipinski definition) is 5. The van der Waals surface area contributed by atoms with Gasteiger partial charge in [0.05, 0.1) is 24.7 Å². The molecule has 114 valence electrons. The van der Waals surface area contributed by atoms with E-state index >= 15 is 0 Å². The molecule has 0 bridgehead atoms. The molecule has 1 aromatic rings. The summed E-state index contributed by atoms with van der Waals surface area (Å²) in [7, 11) is 0. The average Bonchev–Trinajstić information content (AvgIpc) is 2.44. The minimum Gasteiger partial charge on any atom is -0.481 e. The second-order valence-corrected chi connectivity index (χ2v) is 4.70. The lowest BCUT2D eigenvalue weighted by molar-refractivity contribution is -0.137. The molecular weight excluding hydrogens is 274 g/mol. The van der Waals surface area contributed by atoms with Gasteiger partial charge < -0.3 is 20.6 Å². The molecule has 3 atom stereocenters. The lowest BCUT2D eigenvalue weighted by atomic mass is 10.1. The third-order valence-corrected chi connectivity index (χ3v) is 2.79. The van der Waals surface area contributed by atoms with E-state index in [-0.39, 0.29) is 6.42 Å². The van der Waals surface area contributed by atoms with Gasteiger partial charge in [0.1, 0.15) is 6.29 Å². The number of carbonyl (C=O) groups is 2. The van der Waals surface area contributed by atoms with E-state index in [9.17, 15) is 14.7 Å². The van der Waals surface area contributed by atoms with E-state index in [2.05, 4.69) is 5.32 Å². The molecule has 0 aliphatic heterocycles. The van der Waals surface area contributed by atoms with Crippen molar-refractivity contribution < 1.29 is 24.9 Å². The number of anilines is 1. The van der Waals surface area contributed by atoms with Crippen molar-refractivity contribution in [3.05, 3.63) is 42.0 Å². The number of aldehydes is 1. The monoisotopic (exact) mass is 293 g/mol. The van der Waals surface area contributed by atoms with Crippen molar-refractivity contribution in [3.8, 4) is 0 Å². The highest BCUT2D eigenvalue weighted by atomic mass is 16.4. The number of aliphatic carboxylic acids is 1. The van der Waals surface area contributed by atoms with Gasteiger partial charge in [0, 0.05) is 11.3 Å². The molecule has 0 heterocycles. The van der Waals surface area contributed by atoms with Gasteiger partial charge in [0.15, 0.2) is 0 Å². The second-order valence-electron chi connectivity index (χ2n) is 4.70. The van der Waals surface area contributed by atoms with Crippen molar-refractivity contribution in [1.29, 1.82) is 0 Å². The summed E-state index contributed by atoms with van der Waals surface area (Å²) in [5.41, 5.74) is 1.10. The number of rotatable bonds is 8. The predicted molar refractivity (Wildman–Crippen MR) is 78.3 cm³/mol. The Bertz CT molecular complexity index is 495. The van der Waals surface area contributed by atoms with Gasteiger partial charge in [-0.2, -0.15) is 0 Å². The Morgan fingerprint density at radius 3 is 2.33 bits per heavy atom. The first-order valence-corrected chi connectivity index (χ1v) is 6.50. The second kappa shape index (κ2) is 8.18. The first-order chi connectivity index (χ1) is 9.92. The summed E-state index contributed by atoms with van der Waals surface area (Å²) in [6.45, 7) is 1.53. The summed E-state index contributed by atoms with van der Waals surface area (Å²) < 4.78 is 0. The van der Waals surface area contributed by atoms with Crippen LogP contribution < -0.4 is 5.32 Å². The molecule has 0 spiro atoms. The van der Waals surface area contributed by atoms with Gasteiger partial charge in [-0.05, 0) is 31.2 Å². The highest BCUT2D eigenvalue weighted by molar-refractivity contribution is 5.75. The Balaban J connectivity index is 2.80. The summed E-state index contributed by atoms with van der Waals surface area (Å²) >= 11 is 0. The first-order valence-electron chi connectivity index (χ1n) is 6.50. The maximum absolute atomic E-state index is 10.9. The molecule has 6 nitrogen and oxygen atoms in total. The van der Waals surface area contributed by atoms with Crippen LogP contribution in [0.3, 0.4) is 0 Å². The van der Waals surface area contributed by atoms with Crippen LogP contribution in [0, 0.1) is 0 Å². The number of aliphatic hydroxyl groups excluding tert-OH is 2. The zero-order valence-electron chi connectivity index (χ0n) is 11.6. The van der Waals surface area contributed by atoms with Crippen LogP contribution in [0.4, 0.5) is 5.69 Å². The van der Waals surface area contributed by atoms with E-state index in [1.54, 1.807) is 24.3 Å². The molecule has 4 N–H and O–H groups in total. The Morgan fingerprint density at radius 2 is 1.86 bits per heavy atom. The Morgan fingerprint density at radius 1 is 1.24 bits per heavy atom. The van der Waals surface area contributed by atoms with E-state index in [4.69, 9.17) is 10.2 Å². The SMILES string of the molecule is C[C@@H](O)C=C[C@H](O)[C@H](CC(=O)O)Nc1ccc(C=O)cc1. The molecule has 0 radical (unpaired) electrons. The number of nitrogens with one attached hydrogen (secondary N) is 1. The summed E-state index contributed by atoms with van der Waals surface area (Å²) in [6.07, 6.45) is 1.36. The fourth-order valence-corrected chi connectivity index (χ4v) is 1.73. The van der Waals surface area contributed by atoms with Crippen LogP contribution in [0.2, 0.25) is 0 Å². The molecule has 0 saturated carbocycles. The van der Waals surface area contributed by atoms with Crippen LogP contribution in [-0.4, -0.2) is 45.8 Å². The van der Waals surface area contributed by atoms with E-state index in [1.165, 1.54) is 19.1 Å². The minimum absolute atomic E-state index is 0.291. The Labute approximate surface area is 122 Å². The normalized spacial score (nSPS) is 15.4. The zero-order chi connectivity index (χ0) is 15.8. The summed E-state index contributed by atoms with van der Waals surface area (Å²) in [5.74, 6) is -1.05. The summed E-state index contributed by atoms with van der Waals surface area (Å²) in [5, 5.41) is 30.9. The predicted octanol–water partition coefficient (Wildman–Crippen LogP) is 1.05. The van der Waals surface area contributed by atoms with Crippen molar-refractivity contribution in [1.82, 2.24) is 0 Å². The molecular formula is C15H19NO5. The quantitative estimate of drug-likeness (QED) is 0.421. The number of carbonyl (C=O) groups excluding carboxylic acids is 1. The van der Waals surface area contributed by atoms with Gasteiger partial charge in [-0.25, -0.2) is 0 Å². The molecule has 0 aliphatic carbocycles. The van der Waals surface area contributed by atoms with E-state index in [1.807, 2.05) is 0 Å².